The first-order valence-corrected chi connectivity index (χ1v) is 19.5. The van der Waals surface area contributed by atoms with Crippen LogP contribution in [0, 0.1) is 0 Å². The van der Waals surface area contributed by atoms with E-state index in [-0.39, 0.29) is 0 Å². The Hall–Kier alpha value is 0.976. The summed E-state index contributed by atoms with van der Waals surface area (Å²) in [7, 11) is -1.60. The van der Waals surface area contributed by atoms with Crippen LogP contribution in [0.25, 0.3) is 0 Å². The molecule has 0 aliphatic heterocycles. The SMILES string of the molecule is CCC[CH2][Sn]([CH2]CCC)([CH2]CCC)[O][Si](C)(C)C(C)(C)C. The molecule has 0 aliphatic carbocycles. The van der Waals surface area contributed by atoms with E-state index in [2.05, 4.69) is 54.6 Å². The molecule has 0 bridgehead atoms. The standard InChI is InChI=1S/C6H15OSi.3C4H9.Sn/c1-6(2,3)8(4,5)7;3*1-3-4-2;/h1-5H3;3*1,3-4H2,2H3;/q-1;;;;+1. The average Bonchev–Trinajstić information content (AvgIpc) is 2.38. The van der Waals surface area contributed by atoms with Gasteiger partial charge in [0, 0.05) is 0 Å². The first kappa shape index (κ1) is 22.0. The third kappa shape index (κ3) is 7.87. The van der Waals surface area contributed by atoms with Gasteiger partial charge in [-0.1, -0.05) is 0 Å². The van der Waals surface area contributed by atoms with Crippen LogP contribution >= 0.6 is 0 Å². The minimum atomic E-state index is -2.41. The van der Waals surface area contributed by atoms with Crippen LogP contribution in [-0.2, 0) is 2.76 Å². The number of unbranched alkanes of at least 4 members (excludes halogenated alkanes) is 3. The molecular weight excluding hydrogens is 379 g/mol. The molecule has 3 heteroatoms. The number of hydrogen-bond acceptors (Lipinski definition) is 1. The van der Waals surface area contributed by atoms with Crippen molar-refractivity contribution in [2.24, 2.45) is 0 Å². The zero-order valence-electron chi connectivity index (χ0n) is 16.3. The number of rotatable bonds is 11. The van der Waals surface area contributed by atoms with Gasteiger partial charge in [-0.15, -0.1) is 0 Å². The Morgan fingerprint density at radius 1 is 0.762 bits per heavy atom. The quantitative estimate of drug-likeness (QED) is 0.317. The second-order valence-electron chi connectivity index (χ2n) is 8.36. The second kappa shape index (κ2) is 9.97. The van der Waals surface area contributed by atoms with Gasteiger partial charge in [-0.05, 0) is 0 Å². The molecule has 0 aliphatic rings. The molecule has 0 radical (unpaired) electrons. The maximum absolute atomic E-state index is 7.25. The van der Waals surface area contributed by atoms with E-state index in [0.717, 1.165) is 0 Å². The van der Waals surface area contributed by atoms with E-state index >= 15 is 0 Å². The van der Waals surface area contributed by atoms with Crippen LogP contribution in [-0.4, -0.2) is 27.1 Å². The molecule has 0 amide bonds. The topological polar surface area (TPSA) is 9.23 Å². The molecule has 0 spiro atoms. The summed E-state index contributed by atoms with van der Waals surface area (Å²) in [5.41, 5.74) is 0. The van der Waals surface area contributed by atoms with Crippen LogP contribution in [0.3, 0.4) is 0 Å². The van der Waals surface area contributed by atoms with Gasteiger partial charge in [0.1, 0.15) is 0 Å². The third-order valence-corrected chi connectivity index (χ3v) is 28.7. The Morgan fingerprint density at radius 2 is 1.10 bits per heavy atom. The predicted octanol–water partition coefficient (Wildman–Crippen LogP) is 7.35. The first-order valence-electron chi connectivity index (χ1n) is 9.34. The van der Waals surface area contributed by atoms with Crippen LogP contribution in [0.5, 0.6) is 0 Å². The summed E-state index contributed by atoms with van der Waals surface area (Å²) in [6.45, 7) is 19.2. The van der Waals surface area contributed by atoms with Crippen LogP contribution < -0.4 is 0 Å². The molecule has 0 aromatic carbocycles. The van der Waals surface area contributed by atoms with Crippen molar-refractivity contribution in [3.63, 3.8) is 0 Å². The zero-order valence-corrected chi connectivity index (χ0v) is 20.1. The van der Waals surface area contributed by atoms with Crippen molar-refractivity contribution < 1.29 is 2.76 Å². The van der Waals surface area contributed by atoms with Gasteiger partial charge in [-0.2, -0.15) is 0 Å². The normalized spacial score (nSPS) is 13.7. The molecule has 0 saturated heterocycles. The maximum atomic E-state index is 7.25. The molecule has 0 heterocycles. The fraction of sp³-hybridized carbons (Fsp3) is 1.00. The number of hydrogen-bond donors (Lipinski definition) is 0. The molecule has 0 N–H and O–H groups in total. The zero-order chi connectivity index (χ0) is 16.6. The van der Waals surface area contributed by atoms with Gasteiger partial charge in [-0.25, -0.2) is 0 Å². The molecule has 0 saturated carbocycles. The van der Waals surface area contributed by atoms with Crippen molar-refractivity contribution in [1.29, 1.82) is 0 Å². The Balaban J connectivity index is 5.20. The second-order valence-corrected chi connectivity index (χ2v) is 25.9. The molecule has 128 valence electrons. The Morgan fingerprint density at radius 3 is 1.33 bits per heavy atom. The summed E-state index contributed by atoms with van der Waals surface area (Å²) in [6.07, 6.45) is 8.20. The molecule has 1 nitrogen and oxygen atoms in total. The van der Waals surface area contributed by atoms with E-state index in [9.17, 15) is 0 Å². The fourth-order valence-corrected chi connectivity index (χ4v) is 29.6. The molecule has 0 aromatic heterocycles. The Labute approximate surface area is 141 Å². The van der Waals surface area contributed by atoms with Crippen LogP contribution in [0.15, 0.2) is 0 Å². The van der Waals surface area contributed by atoms with E-state index < -0.39 is 27.1 Å². The van der Waals surface area contributed by atoms with Crippen molar-refractivity contribution in [3.8, 4) is 0 Å². The molecular formula is C18H42OSiSn. The third-order valence-electron chi connectivity index (χ3n) is 5.24. The van der Waals surface area contributed by atoms with Gasteiger partial charge in [0.05, 0.1) is 0 Å². The molecule has 0 unspecified atom stereocenters. The van der Waals surface area contributed by atoms with Crippen molar-refractivity contribution >= 4 is 27.1 Å². The van der Waals surface area contributed by atoms with Crippen molar-refractivity contribution in [1.82, 2.24) is 0 Å². The van der Waals surface area contributed by atoms with E-state index in [1.165, 1.54) is 51.8 Å². The van der Waals surface area contributed by atoms with E-state index in [4.69, 9.17) is 2.76 Å². The molecule has 0 aromatic rings. The Kier molecular flexibility index (Phi) is 10.4. The Bertz CT molecular complexity index is 249. The first-order chi connectivity index (χ1) is 9.64. The average molecular weight is 421 g/mol. The molecule has 0 atom stereocenters. The van der Waals surface area contributed by atoms with Gasteiger partial charge in [0.15, 0.2) is 0 Å². The minimum absolute atomic E-state index is 0.361. The van der Waals surface area contributed by atoms with Gasteiger partial charge >= 0.3 is 141 Å². The summed E-state index contributed by atoms with van der Waals surface area (Å²) in [5, 5.41) is 0.361. The summed E-state index contributed by atoms with van der Waals surface area (Å²) >= 11 is -2.41. The monoisotopic (exact) mass is 422 g/mol. The predicted molar refractivity (Wildman–Crippen MR) is 103 cm³/mol. The van der Waals surface area contributed by atoms with Crippen molar-refractivity contribution in [2.75, 3.05) is 0 Å². The van der Waals surface area contributed by atoms with Crippen LogP contribution in [0.2, 0.25) is 31.4 Å². The summed E-state index contributed by atoms with van der Waals surface area (Å²) in [5.74, 6) is 0. The van der Waals surface area contributed by atoms with Crippen LogP contribution in [0.1, 0.15) is 80.1 Å². The molecule has 0 rings (SSSR count). The van der Waals surface area contributed by atoms with Crippen molar-refractivity contribution in [3.05, 3.63) is 0 Å². The van der Waals surface area contributed by atoms with Gasteiger partial charge < -0.3 is 0 Å². The summed E-state index contributed by atoms with van der Waals surface area (Å²) in [4.78, 5) is 0. The molecule has 0 fully saturated rings. The van der Waals surface area contributed by atoms with Gasteiger partial charge in [0.2, 0.25) is 0 Å². The van der Waals surface area contributed by atoms with E-state index in [0.29, 0.717) is 5.04 Å². The van der Waals surface area contributed by atoms with Crippen molar-refractivity contribution in [2.45, 2.75) is 112 Å². The van der Waals surface area contributed by atoms with Gasteiger partial charge in [-0.3, -0.25) is 0 Å². The van der Waals surface area contributed by atoms with E-state index in [1.807, 2.05) is 0 Å². The van der Waals surface area contributed by atoms with E-state index in [1.54, 1.807) is 0 Å². The van der Waals surface area contributed by atoms with Gasteiger partial charge in [0.25, 0.3) is 0 Å². The fourth-order valence-electron chi connectivity index (χ4n) is 2.72. The summed E-state index contributed by atoms with van der Waals surface area (Å²) in [6, 6.07) is 0. The summed E-state index contributed by atoms with van der Waals surface area (Å²) < 4.78 is 11.7. The molecule has 21 heavy (non-hydrogen) atoms. The van der Waals surface area contributed by atoms with Crippen LogP contribution in [0.4, 0.5) is 0 Å².